The molecule has 0 radical (unpaired) electrons. The van der Waals surface area contributed by atoms with E-state index in [1.807, 2.05) is 50.2 Å². The molecule has 4 heteroatoms. The van der Waals surface area contributed by atoms with E-state index in [0.717, 1.165) is 22.6 Å². The SMILES string of the molecule is Cc1cc(C(O)CCNC(=O)C=Cc2ccccc2)c(C)o1. The van der Waals surface area contributed by atoms with Crippen LogP contribution in [0.15, 0.2) is 46.9 Å². The average molecular weight is 299 g/mol. The van der Waals surface area contributed by atoms with Gasteiger partial charge in [0.1, 0.15) is 11.5 Å². The van der Waals surface area contributed by atoms with E-state index in [0.29, 0.717) is 13.0 Å². The standard InChI is InChI=1S/C18H21NO3/c1-13-12-16(14(2)22-13)17(20)10-11-19-18(21)9-8-15-6-4-3-5-7-15/h3-9,12,17,20H,10-11H2,1-2H3,(H,19,21). The second-order valence-electron chi connectivity index (χ2n) is 5.21. The maximum atomic E-state index is 11.7. The van der Waals surface area contributed by atoms with Gasteiger partial charge in [-0.2, -0.15) is 0 Å². The molecule has 0 saturated carbocycles. The number of aryl methyl sites for hydroxylation is 2. The van der Waals surface area contributed by atoms with Crippen molar-refractivity contribution in [2.24, 2.45) is 0 Å². The van der Waals surface area contributed by atoms with Gasteiger partial charge >= 0.3 is 0 Å². The molecular weight excluding hydrogens is 278 g/mol. The lowest BCUT2D eigenvalue weighted by atomic mass is 10.1. The lowest BCUT2D eigenvalue weighted by Gasteiger charge is -2.09. The smallest absolute Gasteiger partial charge is 0.244 e. The van der Waals surface area contributed by atoms with Gasteiger partial charge in [-0.25, -0.2) is 0 Å². The number of hydrogen-bond donors (Lipinski definition) is 2. The van der Waals surface area contributed by atoms with Crippen LogP contribution in [0.5, 0.6) is 0 Å². The van der Waals surface area contributed by atoms with Crippen molar-refractivity contribution >= 4 is 12.0 Å². The first kappa shape index (κ1) is 16.0. The summed E-state index contributed by atoms with van der Waals surface area (Å²) in [6.45, 7) is 4.08. The third-order valence-corrected chi connectivity index (χ3v) is 3.38. The third kappa shape index (κ3) is 4.60. The molecule has 22 heavy (non-hydrogen) atoms. The summed E-state index contributed by atoms with van der Waals surface area (Å²) >= 11 is 0. The fourth-order valence-electron chi connectivity index (χ4n) is 2.26. The van der Waals surface area contributed by atoms with Gasteiger partial charge in [0.05, 0.1) is 6.10 Å². The Labute approximate surface area is 130 Å². The fourth-order valence-corrected chi connectivity index (χ4v) is 2.26. The van der Waals surface area contributed by atoms with Crippen molar-refractivity contribution in [3.05, 3.63) is 65.1 Å². The molecule has 1 atom stereocenters. The van der Waals surface area contributed by atoms with Crippen LogP contribution in [0.4, 0.5) is 0 Å². The van der Waals surface area contributed by atoms with E-state index >= 15 is 0 Å². The summed E-state index contributed by atoms with van der Waals surface area (Å²) in [5.41, 5.74) is 1.76. The molecule has 1 aromatic carbocycles. The van der Waals surface area contributed by atoms with Gasteiger partial charge in [-0.15, -0.1) is 0 Å². The monoisotopic (exact) mass is 299 g/mol. The topological polar surface area (TPSA) is 62.5 Å². The van der Waals surface area contributed by atoms with Crippen LogP contribution in [0.1, 0.15) is 35.2 Å². The largest absolute Gasteiger partial charge is 0.466 e. The number of amides is 1. The van der Waals surface area contributed by atoms with Crippen molar-refractivity contribution < 1.29 is 14.3 Å². The average Bonchev–Trinajstić information content (AvgIpc) is 2.85. The van der Waals surface area contributed by atoms with Crippen LogP contribution in [0.3, 0.4) is 0 Å². The van der Waals surface area contributed by atoms with Gasteiger partial charge in [-0.1, -0.05) is 30.3 Å². The molecule has 1 amide bonds. The van der Waals surface area contributed by atoms with E-state index in [4.69, 9.17) is 4.42 Å². The number of carbonyl (C=O) groups excluding carboxylic acids is 1. The first-order valence-corrected chi connectivity index (χ1v) is 7.32. The highest BCUT2D eigenvalue weighted by Gasteiger charge is 2.14. The summed E-state index contributed by atoms with van der Waals surface area (Å²) in [5.74, 6) is 1.33. The highest BCUT2D eigenvalue weighted by atomic mass is 16.3. The van der Waals surface area contributed by atoms with Gasteiger partial charge in [0, 0.05) is 18.2 Å². The summed E-state index contributed by atoms with van der Waals surface area (Å²) < 4.78 is 5.39. The normalized spacial score (nSPS) is 12.5. The lowest BCUT2D eigenvalue weighted by Crippen LogP contribution is -2.23. The van der Waals surface area contributed by atoms with E-state index in [1.54, 1.807) is 6.08 Å². The summed E-state index contributed by atoms with van der Waals surface area (Å²) in [4.78, 5) is 11.7. The van der Waals surface area contributed by atoms with Crippen LogP contribution in [0, 0.1) is 13.8 Å². The second kappa shape index (κ2) is 7.61. The second-order valence-corrected chi connectivity index (χ2v) is 5.21. The van der Waals surface area contributed by atoms with Gasteiger partial charge in [0.25, 0.3) is 0 Å². The predicted molar refractivity (Wildman–Crippen MR) is 86.2 cm³/mol. The minimum absolute atomic E-state index is 0.170. The quantitative estimate of drug-likeness (QED) is 0.805. The molecule has 0 fully saturated rings. The summed E-state index contributed by atoms with van der Waals surface area (Å²) in [7, 11) is 0. The van der Waals surface area contributed by atoms with Crippen molar-refractivity contribution in [3.8, 4) is 0 Å². The molecule has 1 unspecified atom stereocenters. The molecule has 0 aliphatic heterocycles. The predicted octanol–water partition coefficient (Wildman–Crippen LogP) is 3.15. The third-order valence-electron chi connectivity index (χ3n) is 3.38. The molecule has 2 aromatic rings. The van der Waals surface area contributed by atoms with Crippen molar-refractivity contribution in [1.29, 1.82) is 0 Å². The zero-order chi connectivity index (χ0) is 15.9. The Morgan fingerprint density at radius 1 is 1.32 bits per heavy atom. The van der Waals surface area contributed by atoms with Crippen LogP contribution in [0.25, 0.3) is 6.08 Å². The number of carbonyl (C=O) groups is 1. The van der Waals surface area contributed by atoms with Gasteiger partial charge < -0.3 is 14.8 Å². The zero-order valence-corrected chi connectivity index (χ0v) is 12.9. The fraction of sp³-hybridized carbons (Fsp3) is 0.278. The number of rotatable bonds is 6. The van der Waals surface area contributed by atoms with Crippen molar-refractivity contribution in [2.45, 2.75) is 26.4 Å². The number of nitrogens with one attached hydrogen (secondary N) is 1. The molecule has 0 aliphatic carbocycles. The molecule has 4 nitrogen and oxygen atoms in total. The minimum Gasteiger partial charge on any atom is -0.466 e. The van der Waals surface area contributed by atoms with Crippen molar-refractivity contribution in [1.82, 2.24) is 5.32 Å². The van der Waals surface area contributed by atoms with E-state index in [-0.39, 0.29) is 5.91 Å². The van der Waals surface area contributed by atoms with Crippen LogP contribution in [-0.2, 0) is 4.79 Å². The van der Waals surface area contributed by atoms with Crippen LogP contribution >= 0.6 is 0 Å². The Kier molecular flexibility index (Phi) is 5.55. The first-order chi connectivity index (χ1) is 10.6. The highest BCUT2D eigenvalue weighted by Crippen LogP contribution is 2.23. The number of furan rings is 1. The molecule has 2 rings (SSSR count). The van der Waals surface area contributed by atoms with E-state index in [1.165, 1.54) is 6.08 Å². The van der Waals surface area contributed by atoms with Gasteiger partial charge in [-0.05, 0) is 38.0 Å². The number of benzene rings is 1. The summed E-state index contributed by atoms with van der Waals surface area (Å²) in [6.07, 6.45) is 3.07. The minimum atomic E-state index is -0.629. The van der Waals surface area contributed by atoms with E-state index < -0.39 is 6.10 Å². The molecule has 0 saturated heterocycles. The van der Waals surface area contributed by atoms with Gasteiger partial charge in [0.2, 0.25) is 5.91 Å². The van der Waals surface area contributed by atoms with Crippen molar-refractivity contribution in [2.75, 3.05) is 6.54 Å². The first-order valence-electron chi connectivity index (χ1n) is 7.32. The Hall–Kier alpha value is -2.33. The lowest BCUT2D eigenvalue weighted by molar-refractivity contribution is -0.116. The molecule has 0 aliphatic rings. The van der Waals surface area contributed by atoms with Crippen LogP contribution in [0.2, 0.25) is 0 Å². The Bertz CT molecular complexity index is 644. The van der Waals surface area contributed by atoms with Gasteiger partial charge in [0.15, 0.2) is 0 Å². The van der Waals surface area contributed by atoms with Gasteiger partial charge in [-0.3, -0.25) is 4.79 Å². The maximum absolute atomic E-state index is 11.7. The Morgan fingerprint density at radius 3 is 2.68 bits per heavy atom. The summed E-state index contributed by atoms with van der Waals surface area (Å²) in [5, 5.41) is 12.9. The molecular formula is C18H21NO3. The molecule has 116 valence electrons. The molecule has 1 aromatic heterocycles. The molecule has 0 bridgehead atoms. The van der Waals surface area contributed by atoms with E-state index in [2.05, 4.69) is 5.32 Å². The molecule has 0 spiro atoms. The highest BCUT2D eigenvalue weighted by molar-refractivity contribution is 5.91. The Morgan fingerprint density at radius 2 is 2.05 bits per heavy atom. The van der Waals surface area contributed by atoms with E-state index in [9.17, 15) is 9.90 Å². The number of aliphatic hydroxyl groups excluding tert-OH is 1. The molecule has 1 heterocycles. The number of aliphatic hydroxyl groups is 1. The zero-order valence-electron chi connectivity index (χ0n) is 12.9. The van der Waals surface area contributed by atoms with Crippen LogP contribution in [-0.4, -0.2) is 17.6 Å². The molecule has 2 N–H and O–H groups in total. The Balaban J connectivity index is 1.77. The van der Waals surface area contributed by atoms with Crippen LogP contribution < -0.4 is 5.32 Å². The van der Waals surface area contributed by atoms with Crippen molar-refractivity contribution in [3.63, 3.8) is 0 Å². The summed E-state index contributed by atoms with van der Waals surface area (Å²) in [6, 6.07) is 11.5. The number of hydrogen-bond acceptors (Lipinski definition) is 3. The maximum Gasteiger partial charge on any atom is 0.244 e.